The molecule has 0 fully saturated rings. The number of para-hydroxylation sites is 1. The number of hydrogen-bond donors (Lipinski definition) is 0. The highest BCUT2D eigenvalue weighted by molar-refractivity contribution is 9.10. The van der Waals surface area contributed by atoms with Crippen molar-refractivity contribution in [3.8, 4) is 5.82 Å². The van der Waals surface area contributed by atoms with Crippen molar-refractivity contribution in [2.75, 3.05) is 0 Å². The van der Waals surface area contributed by atoms with E-state index in [-0.39, 0.29) is 11.2 Å². The van der Waals surface area contributed by atoms with Crippen molar-refractivity contribution in [2.45, 2.75) is 6.92 Å². The van der Waals surface area contributed by atoms with Crippen LogP contribution in [0.4, 0.5) is 5.69 Å². The molecule has 3 aromatic heterocycles. The number of benzene rings is 2. The van der Waals surface area contributed by atoms with E-state index in [4.69, 9.17) is 0 Å². The van der Waals surface area contributed by atoms with Gasteiger partial charge in [0.05, 0.1) is 27.6 Å². The maximum atomic E-state index is 13.0. The molecule has 0 unspecified atom stereocenters. The standard InChI is InChI=1S/C23H15BrN6O3/c1-14-27-20-8-6-16(24)10-19(20)23(31)29(14)26-11-15-13-28(21-5-3-2-4-18(15)21)22-9-7-17(12-25-22)30(32)33/h2-13H,1H3. The van der Waals surface area contributed by atoms with E-state index in [1.165, 1.54) is 16.9 Å². The highest BCUT2D eigenvalue weighted by Gasteiger charge is 2.12. The van der Waals surface area contributed by atoms with E-state index in [1.54, 1.807) is 31.3 Å². The van der Waals surface area contributed by atoms with E-state index in [0.29, 0.717) is 22.5 Å². The maximum Gasteiger partial charge on any atom is 0.287 e. The Kier molecular flexibility index (Phi) is 5.06. The molecule has 0 spiro atoms. The zero-order valence-corrected chi connectivity index (χ0v) is 18.8. The van der Waals surface area contributed by atoms with E-state index in [2.05, 4.69) is 31.0 Å². The first-order chi connectivity index (χ1) is 15.9. The smallest absolute Gasteiger partial charge is 0.287 e. The molecule has 3 heterocycles. The van der Waals surface area contributed by atoms with E-state index in [0.717, 1.165) is 20.9 Å². The van der Waals surface area contributed by atoms with Crippen LogP contribution in [0.25, 0.3) is 27.6 Å². The van der Waals surface area contributed by atoms with E-state index >= 15 is 0 Å². The Morgan fingerprint density at radius 2 is 1.94 bits per heavy atom. The van der Waals surface area contributed by atoms with E-state index in [9.17, 15) is 14.9 Å². The van der Waals surface area contributed by atoms with Gasteiger partial charge in [-0.1, -0.05) is 34.1 Å². The van der Waals surface area contributed by atoms with Gasteiger partial charge in [0.1, 0.15) is 17.8 Å². The molecule has 0 radical (unpaired) electrons. The van der Waals surface area contributed by atoms with Gasteiger partial charge in [-0.05, 0) is 37.3 Å². The quantitative estimate of drug-likeness (QED) is 0.202. The number of halogens is 1. The first-order valence-electron chi connectivity index (χ1n) is 9.86. The monoisotopic (exact) mass is 502 g/mol. The molecule has 0 saturated carbocycles. The molecule has 2 aromatic carbocycles. The second kappa shape index (κ2) is 8.06. The van der Waals surface area contributed by atoms with Crippen LogP contribution in [0.1, 0.15) is 11.4 Å². The van der Waals surface area contributed by atoms with Crippen molar-refractivity contribution in [2.24, 2.45) is 5.10 Å². The van der Waals surface area contributed by atoms with E-state index < -0.39 is 4.92 Å². The second-order valence-corrected chi connectivity index (χ2v) is 8.20. The number of rotatable bonds is 4. The first-order valence-corrected chi connectivity index (χ1v) is 10.7. The summed E-state index contributed by atoms with van der Waals surface area (Å²) in [6.07, 6.45) is 4.65. The molecule has 0 N–H and O–H groups in total. The molecule has 5 rings (SSSR count). The Labute approximate surface area is 194 Å². The van der Waals surface area contributed by atoms with Gasteiger partial charge in [-0.2, -0.15) is 9.78 Å². The van der Waals surface area contributed by atoms with Crippen LogP contribution in [0, 0.1) is 17.0 Å². The summed E-state index contributed by atoms with van der Waals surface area (Å²) in [7, 11) is 0. The molecular weight excluding hydrogens is 488 g/mol. The third-order valence-corrected chi connectivity index (χ3v) is 5.71. The first kappa shape index (κ1) is 20.7. The Hall–Kier alpha value is -4.18. The van der Waals surface area contributed by atoms with Gasteiger partial charge < -0.3 is 4.57 Å². The van der Waals surface area contributed by atoms with Gasteiger partial charge in [0.15, 0.2) is 0 Å². The highest BCUT2D eigenvalue weighted by Crippen LogP contribution is 2.24. The molecule has 10 heteroatoms. The third kappa shape index (κ3) is 3.70. The van der Waals surface area contributed by atoms with Gasteiger partial charge in [-0.15, -0.1) is 0 Å². The molecule has 5 aromatic rings. The molecule has 0 saturated heterocycles. The van der Waals surface area contributed by atoms with Crippen LogP contribution < -0.4 is 5.56 Å². The van der Waals surface area contributed by atoms with Crippen molar-refractivity contribution in [1.82, 2.24) is 19.2 Å². The number of aryl methyl sites for hydroxylation is 1. The highest BCUT2D eigenvalue weighted by atomic mass is 79.9. The van der Waals surface area contributed by atoms with Crippen molar-refractivity contribution in [3.63, 3.8) is 0 Å². The fourth-order valence-electron chi connectivity index (χ4n) is 3.64. The summed E-state index contributed by atoms with van der Waals surface area (Å²) in [5.41, 5.74) is 1.86. The van der Waals surface area contributed by atoms with Gasteiger partial charge in [-0.25, -0.2) is 9.97 Å². The normalized spacial score (nSPS) is 11.6. The summed E-state index contributed by atoms with van der Waals surface area (Å²) in [5, 5.41) is 16.7. The number of pyridine rings is 1. The molecule has 9 nitrogen and oxygen atoms in total. The summed E-state index contributed by atoms with van der Waals surface area (Å²) in [5.74, 6) is 0.994. The van der Waals surface area contributed by atoms with Gasteiger partial charge in [0.2, 0.25) is 0 Å². The van der Waals surface area contributed by atoms with Gasteiger partial charge in [-0.3, -0.25) is 14.9 Å². The minimum Gasteiger partial charge on any atom is -0.301 e. The zero-order chi connectivity index (χ0) is 23.1. The van der Waals surface area contributed by atoms with Crippen LogP contribution in [0.3, 0.4) is 0 Å². The van der Waals surface area contributed by atoms with Crippen LogP contribution >= 0.6 is 15.9 Å². The number of hydrogen-bond acceptors (Lipinski definition) is 6. The summed E-state index contributed by atoms with van der Waals surface area (Å²) < 4.78 is 3.88. The predicted octanol–water partition coefficient (Wildman–Crippen LogP) is 4.60. The molecular formula is C23H15BrN6O3. The number of aromatic nitrogens is 4. The van der Waals surface area contributed by atoms with Crippen LogP contribution in [0.15, 0.2) is 81.4 Å². The number of nitro groups is 1. The molecule has 162 valence electrons. The van der Waals surface area contributed by atoms with Crippen LogP contribution in [-0.2, 0) is 0 Å². The van der Waals surface area contributed by atoms with Crippen LogP contribution in [0.2, 0.25) is 0 Å². The lowest BCUT2D eigenvalue weighted by Crippen LogP contribution is -2.20. The SMILES string of the molecule is Cc1nc2ccc(Br)cc2c(=O)n1N=Cc1cn(-c2ccc([N+](=O)[O-])cn2)c2ccccc12. The van der Waals surface area contributed by atoms with Gasteiger partial charge in [0.25, 0.3) is 11.2 Å². The summed E-state index contributed by atoms with van der Waals surface area (Å²) in [4.78, 5) is 32.2. The number of nitrogens with zero attached hydrogens (tertiary/aromatic N) is 6. The maximum absolute atomic E-state index is 13.0. The van der Waals surface area contributed by atoms with Gasteiger partial charge in [0, 0.05) is 27.7 Å². The fraction of sp³-hybridized carbons (Fsp3) is 0.0435. The van der Waals surface area contributed by atoms with Crippen molar-refractivity contribution in [1.29, 1.82) is 0 Å². The molecule has 0 amide bonds. The summed E-state index contributed by atoms with van der Waals surface area (Å²) >= 11 is 3.39. The Balaban J connectivity index is 1.62. The molecule has 0 bridgehead atoms. The molecule has 33 heavy (non-hydrogen) atoms. The Bertz CT molecular complexity index is 1640. The average molecular weight is 503 g/mol. The zero-order valence-electron chi connectivity index (χ0n) is 17.2. The third-order valence-electron chi connectivity index (χ3n) is 5.22. The Morgan fingerprint density at radius 1 is 1.12 bits per heavy atom. The summed E-state index contributed by atoms with van der Waals surface area (Å²) in [6, 6.07) is 16.0. The number of fused-ring (bicyclic) bond motifs is 2. The predicted molar refractivity (Wildman–Crippen MR) is 129 cm³/mol. The lowest BCUT2D eigenvalue weighted by atomic mass is 10.2. The Morgan fingerprint density at radius 3 is 2.70 bits per heavy atom. The van der Waals surface area contributed by atoms with Crippen molar-refractivity contribution < 1.29 is 4.92 Å². The molecule has 0 atom stereocenters. The second-order valence-electron chi connectivity index (χ2n) is 7.29. The van der Waals surface area contributed by atoms with E-state index in [1.807, 2.05) is 41.1 Å². The lowest BCUT2D eigenvalue weighted by Gasteiger charge is -2.05. The topological polar surface area (TPSA) is 108 Å². The van der Waals surface area contributed by atoms with Crippen LogP contribution in [0.5, 0.6) is 0 Å². The minimum atomic E-state index is -0.487. The minimum absolute atomic E-state index is 0.0812. The van der Waals surface area contributed by atoms with Crippen molar-refractivity contribution in [3.05, 3.63) is 103 Å². The van der Waals surface area contributed by atoms with Crippen LogP contribution in [-0.4, -0.2) is 30.3 Å². The molecule has 0 aliphatic carbocycles. The van der Waals surface area contributed by atoms with Gasteiger partial charge >= 0.3 is 0 Å². The van der Waals surface area contributed by atoms with Crippen molar-refractivity contribution >= 4 is 49.6 Å². The largest absolute Gasteiger partial charge is 0.301 e. The molecule has 0 aliphatic heterocycles. The average Bonchev–Trinajstić information content (AvgIpc) is 3.18. The molecule has 0 aliphatic rings. The lowest BCUT2D eigenvalue weighted by molar-refractivity contribution is -0.385. The fourth-order valence-corrected chi connectivity index (χ4v) is 4.00. The summed E-state index contributed by atoms with van der Waals surface area (Å²) in [6.45, 7) is 1.73.